The standard InChI is InChI=1S/C21H22N6O2S/c1-13-25-16(12-30-13)9-24-20(29)19-15-8-14(17-4-2-5-18(28)27(17)19)10-26(11-15)21-22-6-3-7-23-21/h2-7,12,14-15,19H,8-11H2,1H3,(H,24,29)/t14-,15+,19+/m0/s1. The molecule has 1 saturated heterocycles. The van der Waals surface area contributed by atoms with Crippen molar-refractivity contribution < 1.29 is 4.79 Å². The third kappa shape index (κ3) is 3.39. The number of pyridine rings is 1. The molecule has 5 heterocycles. The van der Waals surface area contributed by atoms with Gasteiger partial charge in [-0.05, 0) is 25.5 Å². The van der Waals surface area contributed by atoms with Crippen molar-refractivity contribution in [2.45, 2.75) is 31.8 Å². The van der Waals surface area contributed by atoms with Gasteiger partial charge in [-0.25, -0.2) is 15.0 Å². The number of amides is 1. The number of nitrogens with one attached hydrogen (secondary N) is 1. The lowest BCUT2D eigenvalue weighted by Gasteiger charge is -2.46. The molecule has 154 valence electrons. The molecule has 0 aromatic carbocycles. The number of aryl methyl sites for hydroxylation is 1. The third-order valence-electron chi connectivity index (χ3n) is 5.86. The van der Waals surface area contributed by atoms with Gasteiger partial charge in [0.2, 0.25) is 11.9 Å². The molecule has 2 aliphatic rings. The predicted molar refractivity (Wildman–Crippen MR) is 114 cm³/mol. The summed E-state index contributed by atoms with van der Waals surface area (Å²) in [5, 5.41) is 5.91. The Morgan fingerprint density at radius 1 is 1.23 bits per heavy atom. The van der Waals surface area contributed by atoms with Crippen LogP contribution in [0.15, 0.2) is 46.8 Å². The van der Waals surface area contributed by atoms with Crippen LogP contribution in [0.1, 0.15) is 34.8 Å². The first-order chi connectivity index (χ1) is 14.6. The van der Waals surface area contributed by atoms with Crippen LogP contribution < -0.4 is 15.8 Å². The van der Waals surface area contributed by atoms with Gasteiger partial charge in [0, 0.05) is 54.5 Å². The molecule has 3 aromatic heterocycles. The maximum absolute atomic E-state index is 13.3. The normalized spacial score (nSPS) is 22.4. The van der Waals surface area contributed by atoms with E-state index in [0.29, 0.717) is 19.0 Å². The smallest absolute Gasteiger partial charge is 0.251 e. The Hall–Kier alpha value is -3.07. The molecular formula is C21H22N6O2S. The van der Waals surface area contributed by atoms with E-state index >= 15 is 0 Å². The number of hydrogen-bond acceptors (Lipinski definition) is 7. The second-order valence-electron chi connectivity index (χ2n) is 7.83. The highest BCUT2D eigenvalue weighted by molar-refractivity contribution is 7.09. The van der Waals surface area contributed by atoms with Crippen LogP contribution in [-0.4, -0.2) is 38.5 Å². The Labute approximate surface area is 177 Å². The number of carbonyl (C=O) groups excluding carboxylic acids is 1. The number of fused-ring (bicyclic) bond motifs is 4. The topological polar surface area (TPSA) is 93.0 Å². The number of piperidine rings is 1. The molecule has 5 rings (SSSR count). The van der Waals surface area contributed by atoms with Crippen molar-refractivity contribution in [3.63, 3.8) is 0 Å². The van der Waals surface area contributed by atoms with E-state index in [0.717, 1.165) is 29.4 Å². The molecule has 0 radical (unpaired) electrons. The number of thiazole rings is 1. The minimum Gasteiger partial charge on any atom is -0.349 e. The van der Waals surface area contributed by atoms with Crippen molar-refractivity contribution in [3.05, 3.63) is 68.8 Å². The third-order valence-corrected chi connectivity index (χ3v) is 6.68. The summed E-state index contributed by atoms with van der Waals surface area (Å²) in [6.07, 6.45) is 4.32. The molecule has 0 saturated carbocycles. The predicted octanol–water partition coefficient (Wildman–Crippen LogP) is 1.88. The molecule has 0 unspecified atom stereocenters. The highest BCUT2D eigenvalue weighted by atomic mass is 32.1. The molecule has 8 nitrogen and oxygen atoms in total. The minimum absolute atomic E-state index is 0.00248. The summed E-state index contributed by atoms with van der Waals surface area (Å²) in [6.45, 7) is 3.67. The zero-order chi connectivity index (χ0) is 20.7. The highest BCUT2D eigenvalue weighted by Crippen LogP contribution is 2.41. The Kier molecular flexibility index (Phi) is 4.82. The van der Waals surface area contributed by atoms with Gasteiger partial charge >= 0.3 is 0 Å². The van der Waals surface area contributed by atoms with Crippen LogP contribution >= 0.6 is 11.3 Å². The Morgan fingerprint density at radius 2 is 2.07 bits per heavy atom. The van der Waals surface area contributed by atoms with Gasteiger partial charge in [0.15, 0.2) is 0 Å². The van der Waals surface area contributed by atoms with Gasteiger partial charge in [-0.15, -0.1) is 11.3 Å². The molecule has 3 aromatic rings. The maximum atomic E-state index is 13.3. The van der Waals surface area contributed by atoms with E-state index in [1.165, 1.54) is 6.07 Å². The van der Waals surface area contributed by atoms with Crippen LogP contribution in [0.4, 0.5) is 5.95 Å². The number of aromatic nitrogens is 4. The number of carbonyl (C=O) groups is 1. The van der Waals surface area contributed by atoms with Crippen LogP contribution in [0.5, 0.6) is 0 Å². The molecule has 2 bridgehead atoms. The lowest BCUT2D eigenvalue weighted by Crippen LogP contribution is -2.53. The monoisotopic (exact) mass is 422 g/mol. The molecular weight excluding hydrogens is 400 g/mol. The largest absolute Gasteiger partial charge is 0.349 e. The summed E-state index contributed by atoms with van der Waals surface area (Å²) in [6, 6.07) is 6.50. The minimum atomic E-state index is -0.559. The fourth-order valence-electron chi connectivity index (χ4n) is 4.66. The summed E-state index contributed by atoms with van der Waals surface area (Å²) < 4.78 is 1.70. The van der Waals surface area contributed by atoms with Crippen molar-refractivity contribution in [1.29, 1.82) is 0 Å². The second kappa shape index (κ2) is 7.64. The fourth-order valence-corrected chi connectivity index (χ4v) is 5.27. The van der Waals surface area contributed by atoms with E-state index in [1.807, 2.05) is 18.4 Å². The maximum Gasteiger partial charge on any atom is 0.251 e. The lowest BCUT2D eigenvalue weighted by atomic mass is 9.78. The summed E-state index contributed by atoms with van der Waals surface area (Å²) in [5.41, 5.74) is 1.61. The van der Waals surface area contributed by atoms with Crippen molar-refractivity contribution in [2.24, 2.45) is 5.92 Å². The summed E-state index contributed by atoms with van der Waals surface area (Å²) >= 11 is 1.56. The number of hydrogen-bond donors (Lipinski definition) is 1. The number of nitrogens with zero attached hydrogens (tertiary/aromatic N) is 5. The zero-order valence-electron chi connectivity index (χ0n) is 16.6. The molecule has 1 amide bonds. The second-order valence-corrected chi connectivity index (χ2v) is 8.89. The van der Waals surface area contributed by atoms with Crippen LogP contribution in [-0.2, 0) is 11.3 Å². The van der Waals surface area contributed by atoms with Gasteiger partial charge in [-0.2, -0.15) is 0 Å². The van der Waals surface area contributed by atoms with Gasteiger partial charge in [0.05, 0.1) is 17.2 Å². The molecule has 30 heavy (non-hydrogen) atoms. The first-order valence-electron chi connectivity index (χ1n) is 10.0. The molecule has 2 aliphatic heterocycles. The summed E-state index contributed by atoms with van der Waals surface area (Å²) in [4.78, 5) is 41.4. The van der Waals surface area contributed by atoms with Crippen LogP contribution in [0.3, 0.4) is 0 Å². The van der Waals surface area contributed by atoms with Gasteiger partial charge in [0.25, 0.3) is 5.56 Å². The van der Waals surface area contributed by atoms with Gasteiger partial charge in [0.1, 0.15) is 6.04 Å². The molecule has 3 atom stereocenters. The van der Waals surface area contributed by atoms with Gasteiger partial charge in [-0.1, -0.05) is 6.07 Å². The quantitative estimate of drug-likeness (QED) is 0.690. The average molecular weight is 423 g/mol. The number of rotatable bonds is 4. The van der Waals surface area contributed by atoms with Crippen molar-refractivity contribution >= 4 is 23.2 Å². The Morgan fingerprint density at radius 3 is 2.83 bits per heavy atom. The number of anilines is 1. The van der Waals surface area contributed by atoms with Gasteiger partial charge in [-0.3, -0.25) is 14.2 Å². The lowest BCUT2D eigenvalue weighted by molar-refractivity contribution is -0.127. The SMILES string of the molecule is Cc1nc(CNC(=O)[C@H]2[C@@H]3C[C@@H](CN(c4ncccn4)C3)c3cccc(=O)n32)cs1. The van der Waals surface area contributed by atoms with Gasteiger partial charge < -0.3 is 10.2 Å². The van der Waals surface area contributed by atoms with Crippen LogP contribution in [0.2, 0.25) is 0 Å². The van der Waals surface area contributed by atoms with Crippen LogP contribution in [0, 0.1) is 12.8 Å². The summed E-state index contributed by atoms with van der Waals surface area (Å²) in [7, 11) is 0. The van der Waals surface area contributed by atoms with E-state index in [4.69, 9.17) is 0 Å². The first-order valence-corrected chi connectivity index (χ1v) is 10.9. The fraction of sp³-hybridized carbons (Fsp3) is 0.381. The van der Waals surface area contributed by atoms with E-state index < -0.39 is 6.04 Å². The van der Waals surface area contributed by atoms with Crippen LogP contribution in [0.25, 0.3) is 0 Å². The van der Waals surface area contributed by atoms with E-state index in [9.17, 15) is 9.59 Å². The molecule has 1 fully saturated rings. The Bertz CT molecular complexity index is 1130. The molecule has 0 aliphatic carbocycles. The van der Waals surface area contributed by atoms with E-state index in [2.05, 4.69) is 25.2 Å². The summed E-state index contributed by atoms with van der Waals surface area (Å²) in [5.74, 6) is 0.675. The van der Waals surface area contributed by atoms with Crippen molar-refractivity contribution in [2.75, 3.05) is 18.0 Å². The van der Waals surface area contributed by atoms with E-state index in [-0.39, 0.29) is 23.3 Å². The molecule has 0 spiro atoms. The van der Waals surface area contributed by atoms with E-state index in [1.54, 1.807) is 40.4 Å². The Balaban J connectivity index is 1.47. The average Bonchev–Trinajstić information content (AvgIpc) is 3.18. The van der Waals surface area contributed by atoms with Crippen molar-refractivity contribution in [3.8, 4) is 0 Å². The zero-order valence-corrected chi connectivity index (χ0v) is 17.4. The first kappa shape index (κ1) is 18.9. The van der Waals surface area contributed by atoms with Crippen molar-refractivity contribution in [1.82, 2.24) is 24.8 Å². The molecule has 9 heteroatoms. The molecule has 1 N–H and O–H groups in total. The highest BCUT2D eigenvalue weighted by Gasteiger charge is 2.44.